The Morgan fingerprint density at radius 2 is 2.17 bits per heavy atom. The normalized spacial score (nSPS) is 19.6. The summed E-state index contributed by atoms with van der Waals surface area (Å²) in [6, 6.07) is 4.39. The van der Waals surface area contributed by atoms with E-state index in [0.717, 1.165) is 6.54 Å². The minimum absolute atomic E-state index is 0.336. The summed E-state index contributed by atoms with van der Waals surface area (Å²) in [5, 5.41) is 0. The summed E-state index contributed by atoms with van der Waals surface area (Å²) in [6.45, 7) is 2.93. The van der Waals surface area contributed by atoms with E-state index in [1.165, 1.54) is 24.2 Å². The van der Waals surface area contributed by atoms with Gasteiger partial charge in [0.25, 0.3) is 0 Å². The van der Waals surface area contributed by atoms with Crippen molar-refractivity contribution < 1.29 is 0 Å². The lowest BCUT2D eigenvalue weighted by Gasteiger charge is -2.14. The van der Waals surface area contributed by atoms with E-state index >= 15 is 0 Å². The Morgan fingerprint density at radius 3 is 2.50 bits per heavy atom. The van der Waals surface area contributed by atoms with Gasteiger partial charge in [-0.1, -0.05) is 0 Å². The van der Waals surface area contributed by atoms with Crippen LogP contribution in [0.1, 0.15) is 24.2 Å². The number of nitrogens with zero attached hydrogens (tertiary/aromatic N) is 1. The molecule has 1 saturated carbocycles. The zero-order valence-electron chi connectivity index (χ0n) is 7.80. The van der Waals surface area contributed by atoms with Crippen LogP contribution in [-0.2, 0) is 12.5 Å². The standard InChI is InChI=1S/C10H16N2/c1-8-3-4-9(12(8)2)10(7-11)5-6-10/h3-4H,5-7,11H2,1-2H3. The van der Waals surface area contributed by atoms with E-state index in [2.05, 4.69) is 30.7 Å². The van der Waals surface area contributed by atoms with E-state index in [1.807, 2.05) is 0 Å². The molecule has 2 nitrogen and oxygen atoms in total. The Kier molecular flexibility index (Phi) is 1.55. The molecule has 0 aromatic carbocycles. The average molecular weight is 164 g/mol. The smallest absolute Gasteiger partial charge is 0.0249 e. The van der Waals surface area contributed by atoms with Gasteiger partial charge in [-0.15, -0.1) is 0 Å². The quantitative estimate of drug-likeness (QED) is 0.702. The maximum Gasteiger partial charge on any atom is 0.0249 e. The molecule has 0 radical (unpaired) electrons. The van der Waals surface area contributed by atoms with Crippen molar-refractivity contribution in [2.45, 2.75) is 25.2 Å². The summed E-state index contributed by atoms with van der Waals surface area (Å²) in [4.78, 5) is 0. The first-order chi connectivity index (χ1) is 5.69. The number of hydrogen-bond donors (Lipinski definition) is 1. The molecule has 12 heavy (non-hydrogen) atoms. The minimum atomic E-state index is 0.336. The maximum absolute atomic E-state index is 5.77. The molecular formula is C10H16N2. The maximum atomic E-state index is 5.77. The van der Waals surface area contributed by atoms with Gasteiger partial charge in [0.1, 0.15) is 0 Å². The summed E-state index contributed by atoms with van der Waals surface area (Å²) >= 11 is 0. The second-order valence-electron chi connectivity index (χ2n) is 3.90. The highest BCUT2D eigenvalue weighted by atomic mass is 15.0. The van der Waals surface area contributed by atoms with Crippen molar-refractivity contribution in [3.63, 3.8) is 0 Å². The molecule has 2 heteroatoms. The van der Waals surface area contributed by atoms with Crippen molar-refractivity contribution in [1.29, 1.82) is 0 Å². The summed E-state index contributed by atoms with van der Waals surface area (Å²) in [6.07, 6.45) is 2.53. The molecule has 1 aliphatic carbocycles. The van der Waals surface area contributed by atoms with E-state index in [-0.39, 0.29) is 0 Å². The third-order valence-corrected chi connectivity index (χ3v) is 3.16. The van der Waals surface area contributed by atoms with Crippen LogP contribution in [0.5, 0.6) is 0 Å². The Labute approximate surface area is 73.4 Å². The molecule has 0 saturated heterocycles. The van der Waals surface area contributed by atoms with Crippen LogP contribution in [0.3, 0.4) is 0 Å². The predicted molar refractivity (Wildman–Crippen MR) is 50.1 cm³/mol. The molecular weight excluding hydrogens is 148 g/mol. The highest BCUT2D eigenvalue weighted by Crippen LogP contribution is 2.47. The van der Waals surface area contributed by atoms with Gasteiger partial charge in [-0.25, -0.2) is 0 Å². The lowest BCUT2D eigenvalue weighted by molar-refractivity contribution is 0.632. The van der Waals surface area contributed by atoms with Gasteiger partial charge in [-0.2, -0.15) is 0 Å². The summed E-state index contributed by atoms with van der Waals surface area (Å²) in [5.41, 5.74) is 8.84. The van der Waals surface area contributed by atoms with Gasteiger partial charge >= 0.3 is 0 Å². The number of aryl methyl sites for hydroxylation is 1. The Hall–Kier alpha value is -0.760. The molecule has 0 bridgehead atoms. The fourth-order valence-electron chi connectivity index (χ4n) is 1.86. The van der Waals surface area contributed by atoms with E-state index in [0.29, 0.717) is 5.41 Å². The monoisotopic (exact) mass is 164 g/mol. The molecule has 1 aliphatic rings. The van der Waals surface area contributed by atoms with E-state index in [4.69, 9.17) is 5.73 Å². The fourth-order valence-corrected chi connectivity index (χ4v) is 1.86. The number of nitrogens with two attached hydrogens (primary N) is 1. The van der Waals surface area contributed by atoms with Crippen molar-refractivity contribution in [2.75, 3.05) is 6.54 Å². The van der Waals surface area contributed by atoms with Gasteiger partial charge in [-0.3, -0.25) is 0 Å². The molecule has 1 fully saturated rings. The summed E-state index contributed by atoms with van der Waals surface area (Å²) in [5.74, 6) is 0. The average Bonchev–Trinajstić information content (AvgIpc) is 2.79. The first kappa shape index (κ1) is 7.87. The van der Waals surface area contributed by atoms with Gasteiger partial charge in [0.2, 0.25) is 0 Å². The molecule has 1 aromatic rings. The zero-order chi connectivity index (χ0) is 8.77. The Balaban J connectivity index is 2.40. The van der Waals surface area contributed by atoms with Crippen LogP contribution in [-0.4, -0.2) is 11.1 Å². The lowest BCUT2D eigenvalue weighted by atomic mass is 10.0. The van der Waals surface area contributed by atoms with E-state index in [9.17, 15) is 0 Å². The van der Waals surface area contributed by atoms with Crippen LogP contribution in [0.15, 0.2) is 12.1 Å². The molecule has 1 aromatic heterocycles. The molecule has 0 unspecified atom stereocenters. The Morgan fingerprint density at radius 1 is 1.50 bits per heavy atom. The van der Waals surface area contributed by atoms with Gasteiger partial charge in [0.05, 0.1) is 0 Å². The highest BCUT2D eigenvalue weighted by molar-refractivity contribution is 5.29. The van der Waals surface area contributed by atoms with Crippen LogP contribution in [0.25, 0.3) is 0 Å². The third kappa shape index (κ3) is 0.911. The van der Waals surface area contributed by atoms with Gasteiger partial charge in [0, 0.05) is 30.4 Å². The molecule has 0 aliphatic heterocycles. The summed E-state index contributed by atoms with van der Waals surface area (Å²) in [7, 11) is 2.13. The van der Waals surface area contributed by atoms with Gasteiger partial charge in [0.15, 0.2) is 0 Å². The minimum Gasteiger partial charge on any atom is -0.351 e. The molecule has 1 heterocycles. The molecule has 2 rings (SSSR count). The van der Waals surface area contributed by atoms with Crippen molar-refractivity contribution in [3.05, 3.63) is 23.5 Å². The number of aromatic nitrogens is 1. The van der Waals surface area contributed by atoms with Crippen molar-refractivity contribution in [2.24, 2.45) is 12.8 Å². The molecule has 66 valence electrons. The van der Waals surface area contributed by atoms with Crippen LogP contribution in [0, 0.1) is 6.92 Å². The second kappa shape index (κ2) is 2.36. The van der Waals surface area contributed by atoms with Crippen LogP contribution in [0.4, 0.5) is 0 Å². The van der Waals surface area contributed by atoms with Crippen LogP contribution >= 0.6 is 0 Å². The number of hydrogen-bond acceptors (Lipinski definition) is 1. The molecule has 2 N–H and O–H groups in total. The third-order valence-electron chi connectivity index (χ3n) is 3.16. The van der Waals surface area contributed by atoms with Crippen molar-refractivity contribution >= 4 is 0 Å². The van der Waals surface area contributed by atoms with Gasteiger partial charge in [-0.05, 0) is 31.9 Å². The zero-order valence-corrected chi connectivity index (χ0v) is 7.80. The topological polar surface area (TPSA) is 30.9 Å². The lowest BCUT2D eigenvalue weighted by Crippen LogP contribution is -2.22. The fraction of sp³-hybridized carbons (Fsp3) is 0.600. The summed E-state index contributed by atoms with van der Waals surface area (Å²) < 4.78 is 2.26. The van der Waals surface area contributed by atoms with E-state index < -0.39 is 0 Å². The molecule has 0 atom stereocenters. The molecule has 0 amide bonds. The predicted octanol–water partition coefficient (Wildman–Crippen LogP) is 1.32. The second-order valence-corrected chi connectivity index (χ2v) is 3.90. The number of rotatable bonds is 2. The van der Waals surface area contributed by atoms with Gasteiger partial charge < -0.3 is 10.3 Å². The van der Waals surface area contributed by atoms with Crippen molar-refractivity contribution in [1.82, 2.24) is 4.57 Å². The Bertz CT molecular complexity index is 295. The van der Waals surface area contributed by atoms with Crippen LogP contribution in [0.2, 0.25) is 0 Å². The SMILES string of the molecule is Cc1ccc(C2(CN)CC2)n1C. The first-order valence-corrected chi connectivity index (χ1v) is 4.52. The van der Waals surface area contributed by atoms with E-state index in [1.54, 1.807) is 0 Å². The highest BCUT2D eigenvalue weighted by Gasteiger charge is 2.44. The molecule has 0 spiro atoms. The first-order valence-electron chi connectivity index (χ1n) is 4.52. The largest absolute Gasteiger partial charge is 0.351 e. The van der Waals surface area contributed by atoms with Crippen molar-refractivity contribution in [3.8, 4) is 0 Å². The van der Waals surface area contributed by atoms with Crippen LogP contribution < -0.4 is 5.73 Å².